The van der Waals surface area contributed by atoms with E-state index in [0.717, 1.165) is 0 Å². The van der Waals surface area contributed by atoms with E-state index >= 15 is 0 Å². The highest BCUT2D eigenvalue weighted by Gasteiger charge is 2.12. The Morgan fingerprint density at radius 1 is 1.50 bits per heavy atom. The van der Waals surface area contributed by atoms with Gasteiger partial charge in [0.2, 0.25) is 0 Å². The van der Waals surface area contributed by atoms with Crippen molar-refractivity contribution in [2.24, 2.45) is 0 Å². The fourth-order valence-electron chi connectivity index (χ4n) is 1.65. The fourth-order valence-corrected chi connectivity index (χ4v) is 1.65. The molecule has 0 radical (unpaired) electrons. The molecule has 1 amide bonds. The Morgan fingerprint density at radius 3 is 3.00 bits per heavy atom. The number of halogens is 1. The van der Waals surface area contributed by atoms with E-state index in [1.807, 2.05) is 0 Å². The van der Waals surface area contributed by atoms with E-state index in [1.54, 1.807) is 18.2 Å². The molecule has 0 unspecified atom stereocenters. The Labute approximate surface area is 114 Å². The van der Waals surface area contributed by atoms with Gasteiger partial charge in [0.1, 0.15) is 17.8 Å². The molecule has 2 rings (SSSR count). The van der Waals surface area contributed by atoms with Gasteiger partial charge in [-0.15, -0.1) is 5.10 Å². The molecule has 8 heteroatoms. The summed E-state index contributed by atoms with van der Waals surface area (Å²) >= 11 is 0. The second kappa shape index (κ2) is 6.60. The minimum Gasteiger partial charge on any atom is -0.494 e. The van der Waals surface area contributed by atoms with Crippen LogP contribution in [0.5, 0.6) is 5.75 Å². The van der Waals surface area contributed by atoms with Crippen molar-refractivity contribution in [2.75, 3.05) is 20.3 Å². The van der Waals surface area contributed by atoms with Gasteiger partial charge in [0.25, 0.3) is 5.91 Å². The SMILES string of the molecule is COc1ccc(C(=O)NCCCF)cc1-n1cnnn1. The summed E-state index contributed by atoms with van der Waals surface area (Å²) in [6.07, 6.45) is 1.70. The number of amides is 1. The van der Waals surface area contributed by atoms with Crippen molar-refractivity contribution in [2.45, 2.75) is 6.42 Å². The molecule has 1 N–H and O–H groups in total. The van der Waals surface area contributed by atoms with Crippen molar-refractivity contribution in [3.8, 4) is 11.4 Å². The van der Waals surface area contributed by atoms with Crippen LogP contribution in [0.3, 0.4) is 0 Å². The number of alkyl halides is 1. The van der Waals surface area contributed by atoms with Gasteiger partial charge >= 0.3 is 0 Å². The summed E-state index contributed by atoms with van der Waals surface area (Å²) in [5, 5.41) is 13.5. The summed E-state index contributed by atoms with van der Waals surface area (Å²) in [5.41, 5.74) is 0.978. The topological polar surface area (TPSA) is 81.9 Å². The molecule has 0 fully saturated rings. The second-order valence-corrected chi connectivity index (χ2v) is 3.94. The maximum absolute atomic E-state index is 12.0. The highest BCUT2D eigenvalue weighted by atomic mass is 19.1. The third-order valence-electron chi connectivity index (χ3n) is 2.63. The molecule has 2 aromatic rings. The van der Waals surface area contributed by atoms with Crippen molar-refractivity contribution in [1.82, 2.24) is 25.5 Å². The van der Waals surface area contributed by atoms with Crippen LogP contribution in [0.2, 0.25) is 0 Å². The number of rotatable bonds is 6. The molecular formula is C12H14FN5O2. The van der Waals surface area contributed by atoms with E-state index in [-0.39, 0.29) is 5.91 Å². The quantitative estimate of drug-likeness (QED) is 0.789. The molecule has 1 aromatic carbocycles. The molecule has 106 valence electrons. The molecular weight excluding hydrogens is 265 g/mol. The normalized spacial score (nSPS) is 10.3. The zero-order valence-electron chi connectivity index (χ0n) is 10.9. The van der Waals surface area contributed by atoms with Crippen LogP contribution >= 0.6 is 0 Å². The number of tetrazole rings is 1. The maximum Gasteiger partial charge on any atom is 0.251 e. The lowest BCUT2D eigenvalue weighted by atomic mass is 10.1. The lowest BCUT2D eigenvalue weighted by Gasteiger charge is -2.10. The molecule has 0 aliphatic heterocycles. The number of methoxy groups -OCH3 is 1. The van der Waals surface area contributed by atoms with Gasteiger partial charge < -0.3 is 10.1 Å². The lowest BCUT2D eigenvalue weighted by molar-refractivity contribution is 0.0952. The van der Waals surface area contributed by atoms with Crippen LogP contribution in [0, 0.1) is 0 Å². The average Bonchev–Trinajstić information content (AvgIpc) is 3.00. The van der Waals surface area contributed by atoms with E-state index in [2.05, 4.69) is 20.8 Å². The number of hydrogen-bond acceptors (Lipinski definition) is 5. The Morgan fingerprint density at radius 2 is 2.35 bits per heavy atom. The number of carbonyl (C=O) groups excluding carboxylic acids is 1. The van der Waals surface area contributed by atoms with Gasteiger partial charge in [-0.1, -0.05) is 0 Å². The zero-order valence-corrected chi connectivity index (χ0v) is 10.9. The summed E-state index contributed by atoms with van der Waals surface area (Å²) in [4.78, 5) is 11.9. The Kier molecular flexibility index (Phi) is 4.59. The first-order chi connectivity index (χ1) is 9.76. The third-order valence-corrected chi connectivity index (χ3v) is 2.63. The first-order valence-corrected chi connectivity index (χ1v) is 6.02. The molecule has 0 aliphatic rings. The highest BCUT2D eigenvalue weighted by Crippen LogP contribution is 2.22. The van der Waals surface area contributed by atoms with Gasteiger partial charge in [-0.05, 0) is 35.0 Å². The van der Waals surface area contributed by atoms with Crippen LogP contribution in [-0.2, 0) is 0 Å². The molecule has 0 aliphatic carbocycles. The standard InChI is InChI=1S/C12H14FN5O2/c1-20-11-4-3-9(12(19)14-6-2-5-13)7-10(11)18-8-15-16-17-18/h3-4,7-8H,2,5-6H2,1H3,(H,14,19). The number of benzene rings is 1. The predicted molar refractivity (Wildman–Crippen MR) is 68.6 cm³/mol. The van der Waals surface area contributed by atoms with E-state index < -0.39 is 6.67 Å². The van der Waals surface area contributed by atoms with Gasteiger partial charge in [0, 0.05) is 12.1 Å². The highest BCUT2D eigenvalue weighted by molar-refractivity contribution is 5.95. The monoisotopic (exact) mass is 279 g/mol. The lowest BCUT2D eigenvalue weighted by Crippen LogP contribution is -2.24. The van der Waals surface area contributed by atoms with Crippen molar-refractivity contribution >= 4 is 5.91 Å². The molecule has 1 heterocycles. The van der Waals surface area contributed by atoms with Gasteiger partial charge in [-0.3, -0.25) is 9.18 Å². The number of nitrogens with zero attached hydrogens (tertiary/aromatic N) is 4. The molecule has 0 spiro atoms. The van der Waals surface area contributed by atoms with Gasteiger partial charge in [0.15, 0.2) is 0 Å². The summed E-state index contributed by atoms with van der Waals surface area (Å²) in [6, 6.07) is 4.89. The second-order valence-electron chi connectivity index (χ2n) is 3.94. The average molecular weight is 279 g/mol. The Hall–Kier alpha value is -2.51. The molecule has 0 saturated carbocycles. The van der Waals surface area contributed by atoms with Crippen LogP contribution in [0.4, 0.5) is 4.39 Å². The zero-order chi connectivity index (χ0) is 14.4. The first kappa shape index (κ1) is 13.9. The first-order valence-electron chi connectivity index (χ1n) is 6.02. The van der Waals surface area contributed by atoms with Crippen LogP contribution in [0.25, 0.3) is 5.69 Å². The van der Waals surface area contributed by atoms with Crippen LogP contribution < -0.4 is 10.1 Å². The largest absolute Gasteiger partial charge is 0.494 e. The maximum atomic E-state index is 12.0. The third kappa shape index (κ3) is 3.08. The van der Waals surface area contributed by atoms with Gasteiger partial charge in [0.05, 0.1) is 13.8 Å². The van der Waals surface area contributed by atoms with Crippen molar-refractivity contribution < 1.29 is 13.9 Å². The predicted octanol–water partition coefficient (Wildman–Crippen LogP) is 0.760. The molecule has 1 aromatic heterocycles. The smallest absolute Gasteiger partial charge is 0.251 e. The van der Waals surface area contributed by atoms with Crippen molar-refractivity contribution in [3.63, 3.8) is 0 Å². The van der Waals surface area contributed by atoms with Gasteiger partial charge in [-0.25, -0.2) is 0 Å². The van der Waals surface area contributed by atoms with Crippen LogP contribution in [0.15, 0.2) is 24.5 Å². The number of carbonyl (C=O) groups is 1. The van der Waals surface area contributed by atoms with E-state index in [0.29, 0.717) is 30.0 Å². The molecule has 0 atom stereocenters. The minimum atomic E-state index is -0.460. The molecule has 0 saturated heterocycles. The molecule has 0 bridgehead atoms. The van der Waals surface area contributed by atoms with Gasteiger partial charge in [-0.2, -0.15) is 4.68 Å². The minimum absolute atomic E-state index is 0.282. The van der Waals surface area contributed by atoms with Crippen LogP contribution in [0.1, 0.15) is 16.8 Å². The number of hydrogen-bond donors (Lipinski definition) is 1. The molecule has 7 nitrogen and oxygen atoms in total. The fraction of sp³-hybridized carbons (Fsp3) is 0.333. The summed E-state index contributed by atoms with van der Waals surface area (Å²) in [6.45, 7) is -0.166. The van der Waals surface area contributed by atoms with E-state index in [4.69, 9.17) is 4.74 Å². The summed E-state index contributed by atoms with van der Waals surface area (Å²) in [7, 11) is 1.52. The molecule has 20 heavy (non-hydrogen) atoms. The number of ether oxygens (including phenoxy) is 1. The Bertz CT molecular complexity index is 573. The van der Waals surface area contributed by atoms with Crippen molar-refractivity contribution in [3.05, 3.63) is 30.1 Å². The van der Waals surface area contributed by atoms with Crippen LogP contribution in [-0.4, -0.2) is 46.4 Å². The van der Waals surface area contributed by atoms with Crippen molar-refractivity contribution in [1.29, 1.82) is 0 Å². The summed E-state index contributed by atoms with van der Waals surface area (Å²) in [5.74, 6) is 0.257. The number of nitrogens with one attached hydrogen (secondary N) is 1. The van der Waals surface area contributed by atoms with E-state index in [1.165, 1.54) is 18.1 Å². The van der Waals surface area contributed by atoms with E-state index in [9.17, 15) is 9.18 Å². The summed E-state index contributed by atoms with van der Waals surface area (Å²) < 4.78 is 18.6. The number of aromatic nitrogens is 4. The Balaban J connectivity index is 2.24.